The maximum Gasteiger partial charge on any atom is 0.355 e. The number of hydrogen-bond acceptors (Lipinski definition) is 6. The monoisotopic (exact) mass is 337 g/mol. The van der Waals surface area contributed by atoms with E-state index in [-0.39, 0.29) is 17.0 Å². The molecule has 0 radical (unpaired) electrons. The largest absolute Gasteiger partial charge is 0.507 e. The number of methoxy groups -OCH3 is 1. The predicted octanol–water partition coefficient (Wildman–Crippen LogP) is 1.96. The summed E-state index contributed by atoms with van der Waals surface area (Å²) in [7, 11) is 1.15. The Hall–Kier alpha value is -3.66. The van der Waals surface area contributed by atoms with Crippen molar-refractivity contribution in [3.8, 4) is 11.8 Å². The van der Waals surface area contributed by atoms with Crippen molar-refractivity contribution in [2.24, 2.45) is 5.10 Å². The predicted molar refractivity (Wildman–Crippen MR) is 89.8 cm³/mol. The van der Waals surface area contributed by atoms with Gasteiger partial charge in [-0.25, -0.2) is 10.2 Å². The number of esters is 1. The first kappa shape index (κ1) is 17.7. The third-order valence-corrected chi connectivity index (χ3v) is 3.36. The van der Waals surface area contributed by atoms with Crippen molar-refractivity contribution < 1.29 is 19.4 Å². The quantitative estimate of drug-likeness (QED) is 0.492. The van der Waals surface area contributed by atoms with Gasteiger partial charge in [0.15, 0.2) is 5.71 Å². The van der Waals surface area contributed by atoms with E-state index in [2.05, 4.69) is 15.3 Å². The van der Waals surface area contributed by atoms with Crippen LogP contribution < -0.4 is 5.43 Å². The molecule has 7 nitrogen and oxygen atoms in total. The number of rotatable bonds is 5. The first-order chi connectivity index (χ1) is 12.1. The van der Waals surface area contributed by atoms with Crippen LogP contribution in [0.2, 0.25) is 0 Å². The minimum atomic E-state index is -1.02. The average molecular weight is 337 g/mol. The molecule has 0 unspecified atom stereocenters. The van der Waals surface area contributed by atoms with Crippen LogP contribution in [0.15, 0.2) is 59.7 Å². The maximum absolute atomic E-state index is 12.1. The number of hydrogen-bond donors (Lipinski definition) is 2. The number of para-hydroxylation sites is 1. The van der Waals surface area contributed by atoms with Crippen LogP contribution in [0.4, 0.5) is 0 Å². The Balaban J connectivity index is 2.33. The molecule has 2 aromatic rings. The summed E-state index contributed by atoms with van der Waals surface area (Å²) in [6.07, 6.45) is 0. The number of carbonyl (C=O) groups excluding carboxylic acids is 2. The fourth-order valence-electron chi connectivity index (χ4n) is 2.11. The lowest BCUT2D eigenvalue weighted by atomic mass is 9.95. The van der Waals surface area contributed by atoms with Gasteiger partial charge in [0.05, 0.1) is 18.7 Å². The molecule has 0 aromatic heterocycles. The molecule has 2 N–H and O–H groups in total. The highest BCUT2D eigenvalue weighted by molar-refractivity contribution is 6.39. The average Bonchev–Trinajstić information content (AvgIpc) is 2.65. The second kappa shape index (κ2) is 8.26. The summed E-state index contributed by atoms with van der Waals surface area (Å²) in [6.45, 7) is 0. The highest BCUT2D eigenvalue weighted by Crippen LogP contribution is 2.18. The van der Waals surface area contributed by atoms with Crippen LogP contribution >= 0.6 is 0 Å². The number of benzene rings is 2. The highest BCUT2D eigenvalue weighted by Gasteiger charge is 2.26. The van der Waals surface area contributed by atoms with Gasteiger partial charge in [-0.3, -0.25) is 4.79 Å². The lowest BCUT2D eigenvalue weighted by Crippen LogP contribution is -2.28. The van der Waals surface area contributed by atoms with Gasteiger partial charge in [-0.05, 0) is 17.7 Å². The molecule has 2 rings (SSSR count). The smallest absolute Gasteiger partial charge is 0.355 e. The molecular weight excluding hydrogens is 322 g/mol. The Labute approximate surface area is 144 Å². The van der Waals surface area contributed by atoms with Crippen LogP contribution in [-0.2, 0) is 9.53 Å². The number of nitrogens with one attached hydrogen (secondary N) is 1. The molecule has 25 heavy (non-hydrogen) atoms. The number of phenols is 1. The third-order valence-electron chi connectivity index (χ3n) is 3.36. The zero-order chi connectivity index (χ0) is 18.2. The summed E-state index contributed by atoms with van der Waals surface area (Å²) in [5.41, 5.74) is 2.44. The SMILES string of the molecule is COC(=O)/C(=N\NC(=O)c1ccccc1O)[C@@H](C#N)c1ccccc1. The summed E-state index contributed by atoms with van der Waals surface area (Å²) < 4.78 is 4.66. The number of amides is 1. The van der Waals surface area contributed by atoms with Crippen LogP contribution in [-0.4, -0.2) is 29.8 Å². The van der Waals surface area contributed by atoms with E-state index in [0.717, 1.165) is 7.11 Å². The molecule has 0 saturated carbocycles. The number of nitriles is 1. The van der Waals surface area contributed by atoms with Gasteiger partial charge in [0.2, 0.25) is 0 Å². The molecule has 126 valence electrons. The Bertz CT molecular complexity index is 841. The van der Waals surface area contributed by atoms with Crippen molar-refractivity contribution in [1.82, 2.24) is 5.43 Å². The molecule has 0 aliphatic rings. The molecule has 0 heterocycles. The normalized spacial score (nSPS) is 11.9. The molecule has 0 aliphatic carbocycles. The first-order valence-corrected chi connectivity index (χ1v) is 7.27. The van der Waals surface area contributed by atoms with E-state index in [9.17, 15) is 20.0 Å². The van der Waals surface area contributed by atoms with E-state index in [1.807, 2.05) is 6.07 Å². The number of nitrogens with zero attached hydrogens (tertiary/aromatic N) is 2. The summed E-state index contributed by atoms with van der Waals surface area (Å²) in [5, 5.41) is 22.9. The van der Waals surface area contributed by atoms with Crippen LogP contribution in [0, 0.1) is 11.3 Å². The fraction of sp³-hybridized carbons (Fsp3) is 0.111. The van der Waals surface area contributed by atoms with Crippen molar-refractivity contribution >= 4 is 17.6 Å². The summed E-state index contributed by atoms with van der Waals surface area (Å²) in [5.74, 6) is -2.80. The van der Waals surface area contributed by atoms with Gasteiger partial charge in [-0.1, -0.05) is 42.5 Å². The van der Waals surface area contributed by atoms with Gasteiger partial charge < -0.3 is 9.84 Å². The van der Waals surface area contributed by atoms with Crippen molar-refractivity contribution in [2.45, 2.75) is 5.92 Å². The summed E-state index contributed by atoms with van der Waals surface area (Å²) >= 11 is 0. The van der Waals surface area contributed by atoms with Gasteiger partial charge >= 0.3 is 5.97 Å². The standard InChI is InChI=1S/C18H15N3O4/c1-25-18(24)16(14(11-19)12-7-3-2-4-8-12)20-21-17(23)13-9-5-6-10-15(13)22/h2-10,14,22H,1H3,(H,21,23)/b20-16-/t14-/m0/s1. The van der Waals surface area contributed by atoms with Crippen molar-refractivity contribution in [2.75, 3.05) is 7.11 Å². The van der Waals surface area contributed by atoms with E-state index in [4.69, 9.17) is 0 Å². The van der Waals surface area contributed by atoms with Crippen molar-refractivity contribution in [3.05, 3.63) is 65.7 Å². The Morgan fingerprint density at radius 1 is 1.16 bits per heavy atom. The number of ether oxygens (including phenoxy) is 1. The lowest BCUT2D eigenvalue weighted by Gasteiger charge is -2.11. The minimum absolute atomic E-state index is 0.0105. The van der Waals surface area contributed by atoms with Crippen LogP contribution in [0.1, 0.15) is 21.8 Å². The Morgan fingerprint density at radius 2 is 1.80 bits per heavy atom. The minimum Gasteiger partial charge on any atom is -0.507 e. The summed E-state index contributed by atoms with van der Waals surface area (Å²) in [4.78, 5) is 24.1. The van der Waals surface area contributed by atoms with E-state index in [1.54, 1.807) is 42.5 Å². The lowest BCUT2D eigenvalue weighted by molar-refractivity contribution is -0.132. The number of phenolic OH excluding ortho intramolecular Hbond substituents is 1. The van der Waals surface area contributed by atoms with Gasteiger partial charge in [-0.15, -0.1) is 0 Å². The zero-order valence-electron chi connectivity index (χ0n) is 13.3. The first-order valence-electron chi connectivity index (χ1n) is 7.27. The molecule has 0 spiro atoms. The second-order valence-electron chi connectivity index (χ2n) is 4.92. The van der Waals surface area contributed by atoms with Crippen LogP contribution in [0.25, 0.3) is 0 Å². The maximum atomic E-state index is 12.1. The second-order valence-corrected chi connectivity index (χ2v) is 4.92. The third kappa shape index (κ3) is 4.20. The van der Waals surface area contributed by atoms with E-state index < -0.39 is 17.8 Å². The van der Waals surface area contributed by atoms with E-state index in [1.165, 1.54) is 12.1 Å². The molecule has 0 fully saturated rings. The van der Waals surface area contributed by atoms with Gasteiger partial charge in [-0.2, -0.15) is 10.4 Å². The van der Waals surface area contributed by atoms with E-state index in [0.29, 0.717) is 5.56 Å². The Kier molecular flexibility index (Phi) is 5.85. The van der Waals surface area contributed by atoms with Crippen LogP contribution in [0.5, 0.6) is 5.75 Å². The number of aromatic hydroxyl groups is 1. The van der Waals surface area contributed by atoms with Crippen molar-refractivity contribution in [3.63, 3.8) is 0 Å². The van der Waals surface area contributed by atoms with Crippen LogP contribution in [0.3, 0.4) is 0 Å². The Morgan fingerprint density at radius 3 is 2.40 bits per heavy atom. The van der Waals surface area contributed by atoms with Gasteiger partial charge in [0, 0.05) is 0 Å². The number of carbonyl (C=O) groups is 2. The summed E-state index contributed by atoms with van der Waals surface area (Å²) in [6, 6.07) is 16.4. The molecule has 0 saturated heterocycles. The van der Waals surface area contributed by atoms with Crippen molar-refractivity contribution in [1.29, 1.82) is 5.26 Å². The fourth-order valence-corrected chi connectivity index (χ4v) is 2.11. The molecule has 7 heteroatoms. The van der Waals surface area contributed by atoms with Gasteiger partial charge in [0.25, 0.3) is 5.91 Å². The van der Waals surface area contributed by atoms with Gasteiger partial charge in [0.1, 0.15) is 11.7 Å². The molecule has 0 bridgehead atoms. The molecule has 1 amide bonds. The molecule has 1 atom stereocenters. The number of hydrazone groups is 1. The highest BCUT2D eigenvalue weighted by atomic mass is 16.5. The molecular formula is C18H15N3O4. The topological polar surface area (TPSA) is 112 Å². The van der Waals surface area contributed by atoms with E-state index >= 15 is 0 Å². The zero-order valence-corrected chi connectivity index (χ0v) is 13.3. The molecule has 2 aromatic carbocycles. The molecule has 0 aliphatic heterocycles.